The molecule has 3 aromatic heterocycles. The van der Waals surface area contributed by atoms with Gasteiger partial charge in [-0.1, -0.05) is 0 Å². The number of hydrogen-bond donors (Lipinski definition) is 2. The molecule has 1 unspecified atom stereocenters. The fourth-order valence-electron chi connectivity index (χ4n) is 3.22. The van der Waals surface area contributed by atoms with Gasteiger partial charge in [-0.15, -0.1) is 0 Å². The first-order chi connectivity index (χ1) is 13.1. The molecule has 2 atom stereocenters. The maximum Gasteiger partial charge on any atom is 0.229 e. The SMILES string of the molecule is [C-]#[N+]C[C@@H]1CC1C(=O)Nc1cc2cc(-c3cnccc3C)nc(N)c2cn1. The monoisotopic (exact) mass is 358 g/mol. The summed E-state index contributed by atoms with van der Waals surface area (Å²) in [5.41, 5.74) is 8.81. The van der Waals surface area contributed by atoms with Crippen molar-refractivity contribution in [1.29, 1.82) is 0 Å². The van der Waals surface area contributed by atoms with E-state index in [2.05, 4.69) is 25.1 Å². The zero-order valence-corrected chi connectivity index (χ0v) is 14.8. The van der Waals surface area contributed by atoms with Crippen LogP contribution in [-0.2, 0) is 4.79 Å². The Hall–Kier alpha value is -3.53. The number of nitrogens with one attached hydrogen (secondary N) is 1. The zero-order chi connectivity index (χ0) is 19.0. The smallest absolute Gasteiger partial charge is 0.229 e. The molecule has 3 heterocycles. The third-order valence-corrected chi connectivity index (χ3v) is 4.90. The number of nitrogens with two attached hydrogens (primary N) is 1. The molecule has 4 rings (SSSR count). The van der Waals surface area contributed by atoms with Crippen molar-refractivity contribution in [3.05, 3.63) is 53.8 Å². The predicted octanol–water partition coefficient (Wildman–Crippen LogP) is 3.08. The second kappa shape index (κ2) is 6.65. The summed E-state index contributed by atoms with van der Waals surface area (Å²) in [7, 11) is 0. The number of aryl methyl sites for hydroxylation is 1. The normalized spacial score (nSPS) is 18.1. The Kier molecular flexibility index (Phi) is 4.16. The van der Waals surface area contributed by atoms with Gasteiger partial charge in [-0.2, -0.15) is 0 Å². The van der Waals surface area contributed by atoms with Crippen LogP contribution in [0.15, 0.2) is 36.8 Å². The first-order valence-corrected chi connectivity index (χ1v) is 8.68. The lowest BCUT2D eigenvalue weighted by Crippen LogP contribution is -2.16. The van der Waals surface area contributed by atoms with E-state index < -0.39 is 0 Å². The molecule has 3 N–H and O–H groups in total. The van der Waals surface area contributed by atoms with Gasteiger partial charge in [0.05, 0.1) is 5.69 Å². The zero-order valence-electron chi connectivity index (χ0n) is 14.8. The largest absolute Gasteiger partial charge is 0.383 e. The highest BCUT2D eigenvalue weighted by molar-refractivity contribution is 5.98. The van der Waals surface area contributed by atoms with Crippen molar-refractivity contribution >= 4 is 28.3 Å². The first-order valence-electron chi connectivity index (χ1n) is 8.68. The fraction of sp³-hybridized carbons (Fsp3) is 0.250. The van der Waals surface area contributed by atoms with Gasteiger partial charge in [-0.3, -0.25) is 9.78 Å². The molecule has 1 aliphatic rings. The average Bonchev–Trinajstić information content (AvgIpc) is 3.41. The number of pyridine rings is 3. The number of rotatable bonds is 4. The molecule has 0 bridgehead atoms. The van der Waals surface area contributed by atoms with Crippen LogP contribution in [0.3, 0.4) is 0 Å². The highest BCUT2D eigenvalue weighted by Gasteiger charge is 2.45. The van der Waals surface area contributed by atoms with Crippen molar-refractivity contribution in [1.82, 2.24) is 15.0 Å². The minimum absolute atomic E-state index is 0.0825. The Balaban J connectivity index is 1.64. The van der Waals surface area contributed by atoms with Gasteiger partial charge in [0.25, 0.3) is 0 Å². The number of fused-ring (bicyclic) bond motifs is 1. The molecule has 7 heteroatoms. The van der Waals surface area contributed by atoms with Gasteiger partial charge in [0.15, 0.2) is 0 Å². The molecule has 1 aliphatic carbocycles. The topological polar surface area (TPSA) is 98.2 Å². The number of aromatic nitrogens is 3. The molecule has 1 fully saturated rings. The van der Waals surface area contributed by atoms with Gasteiger partial charge >= 0.3 is 0 Å². The van der Waals surface area contributed by atoms with Gasteiger partial charge in [-0.25, -0.2) is 16.5 Å². The Bertz CT molecular complexity index is 1090. The number of anilines is 2. The highest BCUT2D eigenvalue weighted by atomic mass is 16.2. The average molecular weight is 358 g/mol. The summed E-state index contributed by atoms with van der Waals surface area (Å²) in [4.78, 5) is 28.6. The molecule has 134 valence electrons. The molecule has 0 saturated heterocycles. The van der Waals surface area contributed by atoms with Crippen LogP contribution in [-0.4, -0.2) is 27.4 Å². The van der Waals surface area contributed by atoms with Crippen molar-refractivity contribution in [3.8, 4) is 11.3 Å². The maximum absolute atomic E-state index is 12.3. The van der Waals surface area contributed by atoms with Crippen molar-refractivity contribution in [3.63, 3.8) is 0 Å². The minimum Gasteiger partial charge on any atom is -0.383 e. The lowest BCUT2D eigenvalue weighted by molar-refractivity contribution is -0.117. The van der Waals surface area contributed by atoms with E-state index in [1.807, 2.05) is 19.1 Å². The molecule has 1 saturated carbocycles. The van der Waals surface area contributed by atoms with Crippen molar-refractivity contribution in [2.24, 2.45) is 11.8 Å². The third kappa shape index (κ3) is 3.29. The quantitative estimate of drug-likeness (QED) is 0.699. The van der Waals surface area contributed by atoms with Crippen LogP contribution >= 0.6 is 0 Å². The van der Waals surface area contributed by atoms with E-state index in [1.165, 1.54) is 0 Å². The fourth-order valence-corrected chi connectivity index (χ4v) is 3.22. The van der Waals surface area contributed by atoms with Crippen LogP contribution in [0.4, 0.5) is 11.6 Å². The lowest BCUT2D eigenvalue weighted by Gasteiger charge is -2.10. The van der Waals surface area contributed by atoms with Crippen LogP contribution in [0, 0.1) is 25.3 Å². The molecule has 27 heavy (non-hydrogen) atoms. The first kappa shape index (κ1) is 16.9. The number of carbonyl (C=O) groups excluding carboxylic acids is 1. The van der Waals surface area contributed by atoms with Gasteiger partial charge in [-0.05, 0) is 42.5 Å². The Labute approximate surface area is 156 Å². The molecule has 7 nitrogen and oxygen atoms in total. The van der Waals surface area contributed by atoms with Crippen molar-refractivity contribution in [2.75, 3.05) is 17.6 Å². The summed E-state index contributed by atoms with van der Waals surface area (Å²) < 4.78 is 0. The van der Waals surface area contributed by atoms with Crippen LogP contribution in [0.2, 0.25) is 0 Å². The number of nitrogens with zero attached hydrogens (tertiary/aromatic N) is 4. The molecule has 3 aromatic rings. The van der Waals surface area contributed by atoms with Crippen molar-refractivity contribution in [2.45, 2.75) is 13.3 Å². The summed E-state index contributed by atoms with van der Waals surface area (Å²) in [6, 6.07) is 5.64. The Morgan fingerprint density at radius 2 is 2.26 bits per heavy atom. The number of carbonyl (C=O) groups is 1. The van der Waals surface area contributed by atoms with E-state index in [0.717, 1.165) is 34.0 Å². The van der Waals surface area contributed by atoms with E-state index in [1.54, 1.807) is 24.7 Å². The molecular weight excluding hydrogens is 340 g/mol. The second-order valence-corrected chi connectivity index (χ2v) is 6.81. The Morgan fingerprint density at radius 1 is 1.41 bits per heavy atom. The van der Waals surface area contributed by atoms with Crippen LogP contribution in [0.25, 0.3) is 26.9 Å². The van der Waals surface area contributed by atoms with E-state index >= 15 is 0 Å². The standard InChI is InChI=1S/C20H18N6O/c1-11-3-4-23-9-15(11)17-6-12-7-18(24-10-16(12)19(21)25-17)26-20(27)14-5-13(14)8-22-2/h3-4,6-7,9-10,13-14H,5,8H2,1H3,(H2,21,25)(H,24,26,27)/t13-,14?/m0/s1. The lowest BCUT2D eigenvalue weighted by atomic mass is 10.1. The van der Waals surface area contributed by atoms with E-state index in [0.29, 0.717) is 18.2 Å². The summed E-state index contributed by atoms with van der Waals surface area (Å²) in [6.45, 7) is 9.29. The van der Waals surface area contributed by atoms with Crippen LogP contribution in [0.5, 0.6) is 0 Å². The molecule has 1 amide bonds. The van der Waals surface area contributed by atoms with Crippen LogP contribution < -0.4 is 11.1 Å². The van der Waals surface area contributed by atoms with E-state index in [-0.39, 0.29) is 17.7 Å². The minimum atomic E-state index is -0.0901. The molecular formula is C20H18N6O. The molecule has 0 spiro atoms. The maximum atomic E-state index is 12.3. The summed E-state index contributed by atoms with van der Waals surface area (Å²) in [5, 5.41) is 4.43. The highest BCUT2D eigenvalue weighted by Crippen LogP contribution is 2.39. The van der Waals surface area contributed by atoms with Crippen molar-refractivity contribution < 1.29 is 4.79 Å². The van der Waals surface area contributed by atoms with Crippen LogP contribution in [0.1, 0.15) is 12.0 Å². The van der Waals surface area contributed by atoms with Gasteiger partial charge in [0, 0.05) is 41.4 Å². The predicted molar refractivity (Wildman–Crippen MR) is 104 cm³/mol. The summed E-state index contributed by atoms with van der Waals surface area (Å²) >= 11 is 0. The molecule has 0 radical (unpaired) electrons. The van der Waals surface area contributed by atoms with E-state index in [9.17, 15) is 4.79 Å². The second-order valence-electron chi connectivity index (χ2n) is 6.81. The van der Waals surface area contributed by atoms with Gasteiger partial charge in [0.2, 0.25) is 12.5 Å². The summed E-state index contributed by atoms with van der Waals surface area (Å²) in [5.74, 6) is 0.854. The van der Waals surface area contributed by atoms with E-state index in [4.69, 9.17) is 12.3 Å². The number of nitrogen functional groups attached to an aromatic ring is 1. The summed E-state index contributed by atoms with van der Waals surface area (Å²) in [6.07, 6.45) is 5.89. The van der Waals surface area contributed by atoms with Gasteiger partial charge in [0.1, 0.15) is 11.6 Å². The van der Waals surface area contributed by atoms with Gasteiger partial charge < -0.3 is 15.9 Å². The third-order valence-electron chi connectivity index (χ3n) is 4.90. The number of hydrogen-bond acceptors (Lipinski definition) is 5. The molecule has 0 aromatic carbocycles. The Morgan fingerprint density at radius 3 is 3.04 bits per heavy atom. The number of amides is 1. The molecule has 0 aliphatic heterocycles.